The molecule has 1 aromatic rings. The van der Waals surface area contributed by atoms with Crippen molar-refractivity contribution < 1.29 is 4.79 Å². The van der Waals surface area contributed by atoms with E-state index < -0.39 is 0 Å². The normalized spacial score (nSPS) is 24.5. The third-order valence-electron chi connectivity index (χ3n) is 3.42. The maximum Gasteiger partial charge on any atom is 0.247 e. The molecular weight excluding hydrogens is 210 g/mol. The van der Waals surface area contributed by atoms with Gasteiger partial charge in [0.25, 0.3) is 0 Å². The van der Waals surface area contributed by atoms with E-state index >= 15 is 0 Å². The first-order valence-electron chi connectivity index (χ1n) is 6.24. The van der Waals surface area contributed by atoms with Gasteiger partial charge in [0.2, 0.25) is 5.91 Å². The molecular formula is C15H19NO. The minimum absolute atomic E-state index is 0.131. The molecule has 0 spiro atoms. The lowest BCUT2D eigenvalue weighted by atomic mass is 10.2. The van der Waals surface area contributed by atoms with E-state index in [9.17, 15) is 4.79 Å². The largest absolute Gasteiger partial charge is 0.334 e. The maximum absolute atomic E-state index is 12.1. The van der Waals surface area contributed by atoms with E-state index in [1.807, 2.05) is 41.3 Å². The smallest absolute Gasteiger partial charge is 0.247 e. The van der Waals surface area contributed by atoms with Crippen LogP contribution in [-0.4, -0.2) is 22.9 Å². The molecule has 0 radical (unpaired) electrons. The van der Waals surface area contributed by atoms with Gasteiger partial charge in [-0.1, -0.05) is 30.3 Å². The first kappa shape index (κ1) is 11.9. The Labute approximate surface area is 103 Å². The molecule has 2 rings (SSSR count). The van der Waals surface area contributed by atoms with E-state index in [1.54, 1.807) is 6.08 Å². The monoisotopic (exact) mass is 229 g/mol. The molecule has 1 saturated heterocycles. The number of hydrogen-bond acceptors (Lipinski definition) is 1. The summed E-state index contributed by atoms with van der Waals surface area (Å²) in [6.45, 7) is 4.25. The van der Waals surface area contributed by atoms with E-state index in [4.69, 9.17) is 0 Å². The Balaban J connectivity index is 2.04. The Kier molecular flexibility index (Phi) is 3.62. The molecule has 2 heteroatoms. The second-order valence-corrected chi connectivity index (χ2v) is 4.76. The van der Waals surface area contributed by atoms with Gasteiger partial charge in [-0.05, 0) is 38.3 Å². The lowest BCUT2D eigenvalue weighted by molar-refractivity contribution is -0.128. The molecule has 0 aliphatic carbocycles. The van der Waals surface area contributed by atoms with Crippen molar-refractivity contribution >= 4 is 12.0 Å². The number of rotatable bonds is 2. The molecule has 0 bridgehead atoms. The number of likely N-dealkylation sites (tertiary alicyclic amines) is 1. The zero-order valence-electron chi connectivity index (χ0n) is 10.5. The van der Waals surface area contributed by atoms with Crippen LogP contribution in [0.4, 0.5) is 0 Å². The summed E-state index contributed by atoms with van der Waals surface area (Å²) in [7, 11) is 0. The molecule has 1 aliphatic heterocycles. The summed E-state index contributed by atoms with van der Waals surface area (Å²) in [5, 5.41) is 0. The standard InChI is InChI=1S/C15H19NO/c1-12-8-9-13(2)16(12)15(17)11-10-14-6-4-3-5-7-14/h3-7,10-13H,8-9H2,1-2H3/b11-10+/t12-,13-/m1/s1. The van der Waals surface area contributed by atoms with E-state index in [2.05, 4.69) is 13.8 Å². The van der Waals surface area contributed by atoms with Gasteiger partial charge in [-0.25, -0.2) is 0 Å². The molecule has 0 unspecified atom stereocenters. The van der Waals surface area contributed by atoms with E-state index in [0.717, 1.165) is 18.4 Å². The second kappa shape index (κ2) is 5.17. The summed E-state index contributed by atoms with van der Waals surface area (Å²) in [6, 6.07) is 10.7. The van der Waals surface area contributed by atoms with Gasteiger partial charge < -0.3 is 4.90 Å². The van der Waals surface area contributed by atoms with Crippen molar-refractivity contribution in [3.8, 4) is 0 Å². The van der Waals surface area contributed by atoms with Crippen molar-refractivity contribution in [2.75, 3.05) is 0 Å². The Morgan fingerprint density at radius 1 is 1.18 bits per heavy atom. The molecule has 2 nitrogen and oxygen atoms in total. The van der Waals surface area contributed by atoms with Crippen molar-refractivity contribution in [2.45, 2.75) is 38.8 Å². The van der Waals surface area contributed by atoms with Crippen LogP contribution in [0.1, 0.15) is 32.3 Å². The highest BCUT2D eigenvalue weighted by Gasteiger charge is 2.29. The predicted molar refractivity (Wildman–Crippen MR) is 70.5 cm³/mol. The highest BCUT2D eigenvalue weighted by atomic mass is 16.2. The van der Waals surface area contributed by atoms with Crippen molar-refractivity contribution in [1.29, 1.82) is 0 Å². The molecule has 1 amide bonds. The summed E-state index contributed by atoms with van der Waals surface area (Å²) in [5.74, 6) is 0.131. The van der Waals surface area contributed by atoms with Crippen LogP contribution in [0.3, 0.4) is 0 Å². The topological polar surface area (TPSA) is 20.3 Å². The van der Waals surface area contributed by atoms with Crippen LogP contribution in [0.15, 0.2) is 36.4 Å². The number of nitrogens with zero attached hydrogens (tertiary/aromatic N) is 1. The van der Waals surface area contributed by atoms with Crippen LogP contribution in [0.25, 0.3) is 6.08 Å². The molecule has 0 N–H and O–H groups in total. The summed E-state index contributed by atoms with van der Waals surface area (Å²) in [4.78, 5) is 14.1. The molecule has 0 aromatic heterocycles. The number of hydrogen-bond donors (Lipinski definition) is 0. The predicted octanol–water partition coefficient (Wildman–Crippen LogP) is 3.10. The van der Waals surface area contributed by atoms with Crippen LogP contribution in [0.5, 0.6) is 0 Å². The number of benzene rings is 1. The summed E-state index contributed by atoms with van der Waals surface area (Å²) in [6.07, 6.45) is 5.81. The molecule has 17 heavy (non-hydrogen) atoms. The van der Waals surface area contributed by atoms with E-state index in [0.29, 0.717) is 12.1 Å². The minimum atomic E-state index is 0.131. The Hall–Kier alpha value is -1.57. The fourth-order valence-corrected chi connectivity index (χ4v) is 2.45. The maximum atomic E-state index is 12.1. The Morgan fingerprint density at radius 3 is 2.35 bits per heavy atom. The van der Waals surface area contributed by atoms with Crippen molar-refractivity contribution in [2.24, 2.45) is 0 Å². The van der Waals surface area contributed by atoms with Gasteiger partial charge >= 0.3 is 0 Å². The van der Waals surface area contributed by atoms with Crippen LogP contribution in [-0.2, 0) is 4.79 Å². The molecule has 90 valence electrons. The molecule has 1 heterocycles. The van der Waals surface area contributed by atoms with Crippen molar-refractivity contribution in [3.63, 3.8) is 0 Å². The van der Waals surface area contributed by atoms with Crippen LogP contribution in [0, 0.1) is 0 Å². The van der Waals surface area contributed by atoms with Gasteiger partial charge in [0.1, 0.15) is 0 Å². The molecule has 2 atom stereocenters. The second-order valence-electron chi connectivity index (χ2n) is 4.76. The summed E-state index contributed by atoms with van der Waals surface area (Å²) < 4.78 is 0. The first-order chi connectivity index (χ1) is 8.18. The number of amides is 1. The van der Waals surface area contributed by atoms with E-state index in [-0.39, 0.29) is 5.91 Å². The van der Waals surface area contributed by atoms with Gasteiger partial charge in [-0.2, -0.15) is 0 Å². The van der Waals surface area contributed by atoms with Crippen LogP contribution in [0.2, 0.25) is 0 Å². The Morgan fingerprint density at radius 2 is 1.76 bits per heavy atom. The number of carbonyl (C=O) groups is 1. The third kappa shape index (κ3) is 2.76. The fraction of sp³-hybridized carbons (Fsp3) is 0.400. The van der Waals surface area contributed by atoms with Gasteiger partial charge in [0.15, 0.2) is 0 Å². The zero-order chi connectivity index (χ0) is 12.3. The minimum Gasteiger partial charge on any atom is -0.334 e. The highest BCUT2D eigenvalue weighted by Crippen LogP contribution is 2.23. The average Bonchev–Trinajstić information content (AvgIpc) is 2.67. The van der Waals surface area contributed by atoms with Gasteiger partial charge in [-0.15, -0.1) is 0 Å². The van der Waals surface area contributed by atoms with Crippen molar-refractivity contribution in [3.05, 3.63) is 42.0 Å². The molecule has 1 fully saturated rings. The summed E-state index contributed by atoms with van der Waals surface area (Å²) in [5.41, 5.74) is 1.07. The highest BCUT2D eigenvalue weighted by molar-refractivity contribution is 5.92. The zero-order valence-corrected chi connectivity index (χ0v) is 10.5. The Bertz CT molecular complexity index is 400. The molecule has 0 saturated carbocycles. The SMILES string of the molecule is C[C@@H]1CC[C@@H](C)N1C(=O)/C=C/c1ccccc1. The lowest BCUT2D eigenvalue weighted by Gasteiger charge is -2.24. The van der Waals surface area contributed by atoms with Gasteiger partial charge in [-0.3, -0.25) is 4.79 Å². The quantitative estimate of drug-likeness (QED) is 0.714. The van der Waals surface area contributed by atoms with Crippen molar-refractivity contribution in [1.82, 2.24) is 4.90 Å². The van der Waals surface area contributed by atoms with Crippen LogP contribution < -0.4 is 0 Å². The average molecular weight is 229 g/mol. The van der Waals surface area contributed by atoms with Gasteiger partial charge in [0.05, 0.1) is 0 Å². The fourth-order valence-electron chi connectivity index (χ4n) is 2.45. The molecule has 1 aliphatic rings. The third-order valence-corrected chi connectivity index (χ3v) is 3.42. The summed E-state index contributed by atoms with van der Waals surface area (Å²) >= 11 is 0. The molecule has 1 aromatic carbocycles. The van der Waals surface area contributed by atoms with E-state index in [1.165, 1.54) is 0 Å². The number of carbonyl (C=O) groups excluding carboxylic acids is 1. The lowest BCUT2D eigenvalue weighted by Crippen LogP contribution is -2.37. The van der Waals surface area contributed by atoms with Crippen LogP contribution >= 0.6 is 0 Å². The van der Waals surface area contributed by atoms with Gasteiger partial charge in [0, 0.05) is 18.2 Å². The first-order valence-corrected chi connectivity index (χ1v) is 6.24.